The molecule has 0 N–H and O–H groups in total. The van der Waals surface area contributed by atoms with Crippen LogP contribution in [0.2, 0.25) is 0 Å². The Morgan fingerprint density at radius 3 is 2.23 bits per heavy atom. The molecule has 0 fully saturated rings. The van der Waals surface area contributed by atoms with Crippen LogP contribution < -0.4 is 0 Å². The Bertz CT molecular complexity index is 1220. The van der Waals surface area contributed by atoms with Crippen molar-refractivity contribution in [2.45, 2.75) is 24.0 Å². The van der Waals surface area contributed by atoms with E-state index in [1.165, 1.54) is 46.8 Å². The highest BCUT2D eigenvalue weighted by Crippen LogP contribution is 2.31. The fourth-order valence-corrected chi connectivity index (χ4v) is 4.96. The first-order valence-corrected chi connectivity index (χ1v) is 11.1. The first-order chi connectivity index (χ1) is 14.7. The standard InChI is InChI=1S/C23H19F3N2O2S/c24-23(25,26)22-8-4-3-6-18(22)15-27-20-9-11-21(12-10-20)31(29,30)28-14-13-17-5-1-2-7-19(17)16-28/h1-12,15H,13-14,16H2. The highest BCUT2D eigenvalue weighted by atomic mass is 32.2. The molecule has 0 radical (unpaired) electrons. The lowest BCUT2D eigenvalue weighted by Crippen LogP contribution is -2.35. The van der Waals surface area contributed by atoms with Crippen LogP contribution in [-0.2, 0) is 29.2 Å². The van der Waals surface area contributed by atoms with E-state index < -0.39 is 21.8 Å². The van der Waals surface area contributed by atoms with Crippen molar-refractivity contribution in [1.29, 1.82) is 0 Å². The van der Waals surface area contributed by atoms with Crippen LogP contribution in [0, 0.1) is 0 Å². The van der Waals surface area contributed by atoms with Gasteiger partial charge in [0, 0.05) is 24.9 Å². The maximum atomic E-state index is 13.1. The second kappa shape index (κ2) is 8.28. The van der Waals surface area contributed by atoms with Crippen molar-refractivity contribution >= 4 is 21.9 Å². The van der Waals surface area contributed by atoms with Gasteiger partial charge in [0.1, 0.15) is 0 Å². The summed E-state index contributed by atoms with van der Waals surface area (Å²) in [7, 11) is -3.68. The molecule has 0 bridgehead atoms. The van der Waals surface area contributed by atoms with Crippen molar-refractivity contribution in [1.82, 2.24) is 4.31 Å². The van der Waals surface area contributed by atoms with Crippen LogP contribution in [0.25, 0.3) is 0 Å². The van der Waals surface area contributed by atoms with Gasteiger partial charge in [-0.1, -0.05) is 42.5 Å². The Labute approximate surface area is 178 Å². The molecule has 0 saturated heterocycles. The maximum absolute atomic E-state index is 13.1. The summed E-state index contributed by atoms with van der Waals surface area (Å²) >= 11 is 0. The fraction of sp³-hybridized carbons (Fsp3) is 0.174. The van der Waals surface area contributed by atoms with Gasteiger partial charge in [-0.15, -0.1) is 0 Å². The Morgan fingerprint density at radius 2 is 1.52 bits per heavy atom. The van der Waals surface area contributed by atoms with Crippen molar-refractivity contribution in [2.75, 3.05) is 6.54 Å². The molecule has 3 aromatic rings. The summed E-state index contributed by atoms with van der Waals surface area (Å²) in [5, 5.41) is 0. The minimum Gasteiger partial charge on any atom is -0.256 e. The van der Waals surface area contributed by atoms with E-state index in [-0.39, 0.29) is 10.5 Å². The topological polar surface area (TPSA) is 49.7 Å². The summed E-state index contributed by atoms with van der Waals surface area (Å²) < 4.78 is 66.7. The molecule has 31 heavy (non-hydrogen) atoms. The first-order valence-electron chi connectivity index (χ1n) is 9.62. The van der Waals surface area contributed by atoms with Crippen molar-refractivity contribution < 1.29 is 21.6 Å². The summed E-state index contributed by atoms with van der Waals surface area (Å²) in [4.78, 5) is 4.21. The van der Waals surface area contributed by atoms with Gasteiger partial charge in [-0.05, 0) is 47.9 Å². The molecule has 4 rings (SSSR count). The number of benzene rings is 3. The van der Waals surface area contributed by atoms with Crippen LogP contribution in [0.5, 0.6) is 0 Å². The minimum absolute atomic E-state index is 0.0568. The van der Waals surface area contributed by atoms with E-state index in [9.17, 15) is 21.6 Å². The average Bonchev–Trinajstić information content (AvgIpc) is 2.77. The third kappa shape index (κ3) is 4.55. The van der Waals surface area contributed by atoms with Crippen LogP contribution in [0.4, 0.5) is 18.9 Å². The molecule has 0 spiro atoms. The van der Waals surface area contributed by atoms with Gasteiger partial charge in [-0.25, -0.2) is 8.42 Å². The van der Waals surface area contributed by atoms with Gasteiger partial charge in [0.15, 0.2) is 0 Å². The zero-order valence-electron chi connectivity index (χ0n) is 16.4. The predicted molar refractivity (Wildman–Crippen MR) is 113 cm³/mol. The number of nitrogens with zero attached hydrogens (tertiary/aromatic N) is 2. The summed E-state index contributed by atoms with van der Waals surface area (Å²) in [6.45, 7) is 0.708. The van der Waals surface area contributed by atoms with Crippen LogP contribution in [0.1, 0.15) is 22.3 Å². The molecule has 0 amide bonds. The van der Waals surface area contributed by atoms with Gasteiger partial charge in [-0.3, -0.25) is 4.99 Å². The number of sulfonamides is 1. The fourth-order valence-electron chi connectivity index (χ4n) is 3.54. The first kappa shape index (κ1) is 21.3. The quantitative estimate of drug-likeness (QED) is 0.519. The lowest BCUT2D eigenvalue weighted by Gasteiger charge is -2.28. The third-order valence-corrected chi connectivity index (χ3v) is 7.05. The van der Waals surface area contributed by atoms with E-state index >= 15 is 0 Å². The van der Waals surface area contributed by atoms with Gasteiger partial charge >= 0.3 is 6.18 Å². The zero-order chi connectivity index (χ0) is 22.1. The zero-order valence-corrected chi connectivity index (χ0v) is 17.2. The number of hydrogen-bond acceptors (Lipinski definition) is 3. The Hall–Kier alpha value is -2.97. The Morgan fingerprint density at radius 1 is 0.871 bits per heavy atom. The van der Waals surface area contributed by atoms with Crippen molar-refractivity contribution in [3.05, 3.63) is 95.1 Å². The van der Waals surface area contributed by atoms with Crippen LogP contribution in [-0.4, -0.2) is 25.5 Å². The van der Waals surface area contributed by atoms with Crippen LogP contribution >= 0.6 is 0 Å². The van der Waals surface area contributed by atoms with Gasteiger partial charge in [0.2, 0.25) is 10.0 Å². The molecule has 1 heterocycles. The van der Waals surface area contributed by atoms with Gasteiger partial charge in [0.05, 0.1) is 16.1 Å². The second-order valence-electron chi connectivity index (χ2n) is 7.19. The van der Waals surface area contributed by atoms with Gasteiger partial charge < -0.3 is 0 Å². The molecule has 0 unspecified atom stereocenters. The molecule has 0 aliphatic carbocycles. The number of alkyl halides is 3. The van der Waals surface area contributed by atoms with E-state index in [0.717, 1.165) is 23.4 Å². The van der Waals surface area contributed by atoms with E-state index in [4.69, 9.17) is 0 Å². The minimum atomic E-state index is -4.48. The molecule has 0 aromatic heterocycles. The largest absolute Gasteiger partial charge is 0.417 e. The number of halogens is 3. The van der Waals surface area contributed by atoms with Crippen LogP contribution in [0.15, 0.2) is 82.7 Å². The Kier molecular flexibility index (Phi) is 5.68. The summed E-state index contributed by atoms with van der Waals surface area (Å²) in [5.74, 6) is 0. The Balaban J connectivity index is 1.53. The smallest absolute Gasteiger partial charge is 0.256 e. The molecule has 1 aliphatic rings. The van der Waals surface area contributed by atoms with Crippen molar-refractivity contribution in [3.63, 3.8) is 0 Å². The van der Waals surface area contributed by atoms with E-state index in [0.29, 0.717) is 25.2 Å². The molecule has 8 heteroatoms. The predicted octanol–water partition coefficient (Wildman–Crippen LogP) is 5.20. The van der Waals surface area contributed by atoms with E-state index in [1.54, 1.807) is 0 Å². The normalized spacial score (nSPS) is 15.2. The molecule has 1 aliphatic heterocycles. The van der Waals surface area contributed by atoms with Crippen molar-refractivity contribution in [3.8, 4) is 0 Å². The molecule has 160 valence electrons. The lowest BCUT2D eigenvalue weighted by atomic mass is 10.0. The average molecular weight is 444 g/mol. The van der Waals surface area contributed by atoms with Crippen LogP contribution in [0.3, 0.4) is 0 Å². The SMILES string of the molecule is O=S(=O)(c1ccc(N=Cc2ccccc2C(F)(F)F)cc1)N1CCc2ccccc2C1. The second-order valence-corrected chi connectivity index (χ2v) is 9.13. The number of hydrogen-bond donors (Lipinski definition) is 0. The highest BCUT2D eigenvalue weighted by Gasteiger charge is 2.32. The molecule has 4 nitrogen and oxygen atoms in total. The summed E-state index contributed by atoms with van der Waals surface area (Å²) in [5.41, 5.74) is 1.67. The third-order valence-electron chi connectivity index (χ3n) is 5.19. The molecular weight excluding hydrogens is 425 g/mol. The highest BCUT2D eigenvalue weighted by molar-refractivity contribution is 7.89. The van der Waals surface area contributed by atoms with E-state index in [2.05, 4.69) is 4.99 Å². The summed E-state index contributed by atoms with van der Waals surface area (Å²) in [6, 6.07) is 18.7. The monoisotopic (exact) mass is 444 g/mol. The molecule has 0 saturated carbocycles. The van der Waals surface area contributed by atoms with Crippen molar-refractivity contribution in [2.24, 2.45) is 4.99 Å². The lowest BCUT2D eigenvalue weighted by molar-refractivity contribution is -0.137. The number of aliphatic imine (C=N–C) groups is 1. The van der Waals surface area contributed by atoms with Gasteiger partial charge in [-0.2, -0.15) is 17.5 Å². The number of fused-ring (bicyclic) bond motifs is 1. The molecule has 0 atom stereocenters. The van der Waals surface area contributed by atoms with Gasteiger partial charge in [0.25, 0.3) is 0 Å². The molecular formula is C23H19F3N2O2S. The molecule has 3 aromatic carbocycles. The van der Waals surface area contributed by atoms with E-state index in [1.807, 2.05) is 24.3 Å². The number of rotatable bonds is 4. The summed E-state index contributed by atoms with van der Waals surface area (Å²) in [6.07, 6.45) is -2.70. The maximum Gasteiger partial charge on any atom is 0.417 e.